The Morgan fingerprint density at radius 2 is 1.58 bits per heavy atom. The summed E-state index contributed by atoms with van der Waals surface area (Å²) in [6.45, 7) is 3.82. The van der Waals surface area contributed by atoms with E-state index in [0.717, 1.165) is 11.1 Å². The van der Waals surface area contributed by atoms with E-state index in [0.29, 0.717) is 22.1 Å². The van der Waals surface area contributed by atoms with Crippen molar-refractivity contribution >= 4 is 50.5 Å². The molecule has 3 aromatic carbocycles. The Bertz CT molecular complexity index is 1260. The van der Waals surface area contributed by atoms with Gasteiger partial charge in [0.25, 0.3) is 15.9 Å². The molecule has 0 aliphatic heterocycles. The van der Waals surface area contributed by atoms with Crippen LogP contribution in [0.25, 0.3) is 0 Å². The second-order valence-corrected chi connectivity index (χ2v) is 9.32. The van der Waals surface area contributed by atoms with Crippen LogP contribution in [-0.2, 0) is 10.0 Å². The Balaban J connectivity index is 1.87. The van der Waals surface area contributed by atoms with Crippen LogP contribution < -0.4 is 14.8 Å². The van der Waals surface area contributed by atoms with Gasteiger partial charge in [0.05, 0.1) is 17.2 Å². The Labute approximate surface area is 191 Å². The van der Waals surface area contributed by atoms with Crippen molar-refractivity contribution in [2.45, 2.75) is 18.7 Å². The number of amides is 1. The third-order valence-electron chi connectivity index (χ3n) is 4.65. The molecule has 0 aliphatic carbocycles. The maximum atomic E-state index is 12.9. The fourth-order valence-electron chi connectivity index (χ4n) is 2.81. The summed E-state index contributed by atoms with van der Waals surface area (Å²) in [6.07, 6.45) is 0. The number of halogens is 2. The van der Waals surface area contributed by atoms with E-state index in [4.69, 9.17) is 27.9 Å². The molecule has 31 heavy (non-hydrogen) atoms. The van der Waals surface area contributed by atoms with Crippen LogP contribution in [0.1, 0.15) is 21.5 Å². The second kappa shape index (κ2) is 9.18. The first-order chi connectivity index (χ1) is 14.6. The quantitative estimate of drug-likeness (QED) is 0.477. The van der Waals surface area contributed by atoms with Gasteiger partial charge >= 0.3 is 0 Å². The van der Waals surface area contributed by atoms with E-state index in [2.05, 4.69) is 10.0 Å². The molecule has 3 rings (SSSR count). The lowest BCUT2D eigenvalue weighted by Crippen LogP contribution is -2.16. The first-order valence-electron chi connectivity index (χ1n) is 9.15. The summed E-state index contributed by atoms with van der Waals surface area (Å²) >= 11 is 12.2. The largest absolute Gasteiger partial charge is 0.495 e. The molecule has 162 valence electrons. The highest BCUT2D eigenvalue weighted by Crippen LogP contribution is 2.29. The van der Waals surface area contributed by atoms with Gasteiger partial charge in [-0.25, -0.2) is 8.42 Å². The first-order valence-corrected chi connectivity index (χ1v) is 11.4. The van der Waals surface area contributed by atoms with Gasteiger partial charge in [0.1, 0.15) is 10.6 Å². The minimum absolute atomic E-state index is 0.000348. The first kappa shape index (κ1) is 22.9. The molecule has 0 radical (unpaired) electrons. The van der Waals surface area contributed by atoms with Crippen LogP contribution in [0, 0.1) is 13.8 Å². The number of nitrogens with one attached hydrogen (secondary N) is 2. The van der Waals surface area contributed by atoms with Crippen LogP contribution in [0.4, 0.5) is 11.4 Å². The molecule has 1 amide bonds. The number of carbonyl (C=O) groups excluding carboxylic acids is 1. The van der Waals surface area contributed by atoms with Crippen molar-refractivity contribution in [3.05, 3.63) is 81.3 Å². The summed E-state index contributed by atoms with van der Waals surface area (Å²) in [5, 5.41) is 3.01. The topological polar surface area (TPSA) is 84.5 Å². The van der Waals surface area contributed by atoms with Gasteiger partial charge in [-0.15, -0.1) is 0 Å². The SMILES string of the molecule is COc1ccc(NC(=O)c2ccc(Cl)c(S(=O)(=O)Nc3ccc(C)c(C)c3)c2)cc1Cl. The smallest absolute Gasteiger partial charge is 0.263 e. The van der Waals surface area contributed by atoms with E-state index in [9.17, 15) is 13.2 Å². The number of sulfonamides is 1. The van der Waals surface area contributed by atoms with Gasteiger partial charge in [-0.2, -0.15) is 0 Å². The molecule has 0 heterocycles. The van der Waals surface area contributed by atoms with Crippen LogP contribution in [0.3, 0.4) is 0 Å². The number of rotatable bonds is 6. The number of anilines is 2. The Hall–Kier alpha value is -2.74. The molecule has 3 aromatic rings. The molecular formula is C22H20Cl2N2O4S. The Morgan fingerprint density at radius 1 is 0.871 bits per heavy atom. The number of hydrogen-bond donors (Lipinski definition) is 2. The average Bonchev–Trinajstić information content (AvgIpc) is 2.71. The molecule has 0 spiro atoms. The molecular weight excluding hydrogens is 459 g/mol. The van der Waals surface area contributed by atoms with Crippen molar-refractivity contribution in [1.82, 2.24) is 0 Å². The van der Waals surface area contributed by atoms with Gasteiger partial charge in [0, 0.05) is 16.9 Å². The van der Waals surface area contributed by atoms with E-state index in [-0.39, 0.29) is 15.5 Å². The predicted molar refractivity (Wildman–Crippen MR) is 124 cm³/mol. The number of carbonyl (C=O) groups is 1. The summed E-state index contributed by atoms with van der Waals surface area (Å²) in [5.74, 6) is -0.0440. The molecule has 2 N–H and O–H groups in total. The summed E-state index contributed by atoms with van der Waals surface area (Å²) in [5.41, 5.74) is 2.94. The third kappa shape index (κ3) is 5.31. The molecule has 0 saturated carbocycles. The summed E-state index contributed by atoms with van der Waals surface area (Å²) < 4.78 is 33.4. The zero-order valence-electron chi connectivity index (χ0n) is 17.0. The van der Waals surface area contributed by atoms with Gasteiger partial charge in [-0.05, 0) is 73.5 Å². The van der Waals surface area contributed by atoms with Gasteiger partial charge in [-0.1, -0.05) is 29.3 Å². The molecule has 0 saturated heterocycles. The number of aryl methyl sites for hydroxylation is 2. The van der Waals surface area contributed by atoms with Crippen LogP contribution in [-0.4, -0.2) is 21.4 Å². The maximum absolute atomic E-state index is 12.9. The molecule has 6 nitrogen and oxygen atoms in total. The van der Waals surface area contributed by atoms with Crippen LogP contribution in [0.15, 0.2) is 59.5 Å². The zero-order chi connectivity index (χ0) is 22.8. The normalized spacial score (nSPS) is 11.1. The number of benzene rings is 3. The van der Waals surface area contributed by atoms with Crippen molar-refractivity contribution in [1.29, 1.82) is 0 Å². The van der Waals surface area contributed by atoms with Gasteiger partial charge in [0.15, 0.2) is 0 Å². The van der Waals surface area contributed by atoms with Gasteiger partial charge in [-0.3, -0.25) is 9.52 Å². The molecule has 9 heteroatoms. The lowest BCUT2D eigenvalue weighted by Gasteiger charge is -2.13. The number of hydrogen-bond acceptors (Lipinski definition) is 4. The number of ether oxygens (including phenoxy) is 1. The molecule has 0 aromatic heterocycles. The van der Waals surface area contributed by atoms with Crippen LogP contribution in [0.5, 0.6) is 5.75 Å². The second-order valence-electron chi connectivity index (χ2n) is 6.85. The number of methoxy groups -OCH3 is 1. The lowest BCUT2D eigenvalue weighted by molar-refractivity contribution is 0.102. The maximum Gasteiger partial charge on any atom is 0.263 e. The van der Waals surface area contributed by atoms with Crippen LogP contribution >= 0.6 is 23.2 Å². The van der Waals surface area contributed by atoms with Crippen LogP contribution in [0.2, 0.25) is 10.0 Å². The molecule has 0 fully saturated rings. The molecule has 0 aliphatic rings. The molecule has 0 unspecified atom stereocenters. The van der Waals surface area contributed by atoms with E-state index < -0.39 is 15.9 Å². The highest BCUT2D eigenvalue weighted by Gasteiger charge is 2.21. The monoisotopic (exact) mass is 478 g/mol. The lowest BCUT2D eigenvalue weighted by atomic mass is 10.1. The van der Waals surface area contributed by atoms with Crippen molar-refractivity contribution in [2.24, 2.45) is 0 Å². The van der Waals surface area contributed by atoms with Crippen molar-refractivity contribution in [2.75, 3.05) is 17.1 Å². The average molecular weight is 479 g/mol. The molecule has 0 bridgehead atoms. The highest BCUT2D eigenvalue weighted by atomic mass is 35.5. The summed E-state index contributed by atoms with van der Waals surface area (Å²) in [6, 6.07) is 14.0. The highest BCUT2D eigenvalue weighted by molar-refractivity contribution is 7.92. The zero-order valence-corrected chi connectivity index (χ0v) is 19.3. The summed E-state index contributed by atoms with van der Waals surface area (Å²) in [4.78, 5) is 12.5. The molecule has 0 atom stereocenters. The summed E-state index contributed by atoms with van der Waals surface area (Å²) in [7, 11) is -2.53. The van der Waals surface area contributed by atoms with Gasteiger partial charge in [0.2, 0.25) is 0 Å². The minimum atomic E-state index is -4.02. The van der Waals surface area contributed by atoms with E-state index in [1.54, 1.807) is 24.3 Å². The minimum Gasteiger partial charge on any atom is -0.495 e. The fraction of sp³-hybridized carbons (Fsp3) is 0.136. The van der Waals surface area contributed by atoms with Crippen molar-refractivity contribution in [3.8, 4) is 5.75 Å². The van der Waals surface area contributed by atoms with Crippen molar-refractivity contribution in [3.63, 3.8) is 0 Å². The van der Waals surface area contributed by atoms with E-state index in [1.165, 1.54) is 31.4 Å². The van der Waals surface area contributed by atoms with Crippen molar-refractivity contribution < 1.29 is 17.9 Å². The van der Waals surface area contributed by atoms with E-state index in [1.807, 2.05) is 19.9 Å². The predicted octanol–water partition coefficient (Wildman–Crippen LogP) is 5.67. The van der Waals surface area contributed by atoms with Gasteiger partial charge < -0.3 is 10.1 Å². The fourth-order valence-corrected chi connectivity index (χ4v) is 4.65. The standard InChI is InChI=1S/C22H20Cl2N2O4S/c1-13-4-6-17(10-14(13)2)26-31(28,29)21-11-15(5-8-18(21)23)22(27)25-16-7-9-20(30-3)19(24)12-16/h4-12,26H,1-3H3,(H,25,27). The third-order valence-corrected chi connectivity index (χ3v) is 6.81. The Kier molecular flexibility index (Phi) is 6.79. The van der Waals surface area contributed by atoms with E-state index >= 15 is 0 Å². The Morgan fingerprint density at radius 3 is 2.23 bits per heavy atom.